The summed E-state index contributed by atoms with van der Waals surface area (Å²) in [6.45, 7) is 2.94. The lowest BCUT2D eigenvalue weighted by Gasteiger charge is -2.22. The fourth-order valence-electron chi connectivity index (χ4n) is 2.44. The predicted octanol–water partition coefficient (Wildman–Crippen LogP) is 1.45. The predicted molar refractivity (Wildman–Crippen MR) is 83.1 cm³/mol. The molecular weight excluding hydrogens is 266 g/mol. The second-order valence-corrected chi connectivity index (χ2v) is 5.32. The Balaban J connectivity index is 1.77. The van der Waals surface area contributed by atoms with Gasteiger partial charge in [0.2, 0.25) is 11.8 Å². The SMILES string of the molecule is CCc1cccc(NC(=O)CNC(=O)C2CCCCN2)c1. The molecule has 1 aromatic rings. The first-order valence-corrected chi connectivity index (χ1v) is 7.59. The summed E-state index contributed by atoms with van der Waals surface area (Å²) in [6, 6.07) is 7.57. The topological polar surface area (TPSA) is 70.2 Å². The second kappa shape index (κ2) is 7.78. The van der Waals surface area contributed by atoms with Crippen molar-refractivity contribution in [2.45, 2.75) is 38.6 Å². The molecule has 5 nitrogen and oxygen atoms in total. The lowest BCUT2D eigenvalue weighted by atomic mass is 10.0. The van der Waals surface area contributed by atoms with Crippen LogP contribution >= 0.6 is 0 Å². The molecule has 1 aromatic carbocycles. The Bertz CT molecular complexity index is 496. The van der Waals surface area contributed by atoms with Gasteiger partial charge in [0, 0.05) is 5.69 Å². The summed E-state index contributed by atoms with van der Waals surface area (Å²) in [6.07, 6.45) is 3.93. The van der Waals surface area contributed by atoms with Crippen LogP contribution < -0.4 is 16.0 Å². The lowest BCUT2D eigenvalue weighted by molar-refractivity contribution is -0.126. The van der Waals surface area contributed by atoms with Crippen molar-refractivity contribution in [1.29, 1.82) is 0 Å². The summed E-state index contributed by atoms with van der Waals surface area (Å²) < 4.78 is 0. The molecule has 0 bridgehead atoms. The highest BCUT2D eigenvalue weighted by Crippen LogP contribution is 2.11. The van der Waals surface area contributed by atoms with Gasteiger partial charge in [-0.15, -0.1) is 0 Å². The molecule has 1 unspecified atom stereocenters. The minimum atomic E-state index is -0.201. The van der Waals surface area contributed by atoms with E-state index in [1.807, 2.05) is 24.3 Å². The molecular formula is C16H23N3O2. The highest BCUT2D eigenvalue weighted by Gasteiger charge is 2.20. The number of nitrogens with one attached hydrogen (secondary N) is 3. The molecule has 1 heterocycles. The summed E-state index contributed by atoms with van der Waals surface area (Å²) in [7, 11) is 0. The van der Waals surface area contributed by atoms with Crippen LogP contribution in [0.4, 0.5) is 5.69 Å². The van der Waals surface area contributed by atoms with Gasteiger partial charge in [0.15, 0.2) is 0 Å². The molecule has 0 aromatic heterocycles. The van der Waals surface area contributed by atoms with E-state index in [4.69, 9.17) is 0 Å². The molecule has 2 amide bonds. The van der Waals surface area contributed by atoms with Crippen molar-refractivity contribution >= 4 is 17.5 Å². The monoisotopic (exact) mass is 289 g/mol. The smallest absolute Gasteiger partial charge is 0.243 e. The van der Waals surface area contributed by atoms with E-state index in [0.29, 0.717) is 0 Å². The van der Waals surface area contributed by atoms with E-state index in [1.165, 1.54) is 5.56 Å². The van der Waals surface area contributed by atoms with E-state index in [-0.39, 0.29) is 24.4 Å². The average molecular weight is 289 g/mol. The number of carbonyl (C=O) groups excluding carboxylic acids is 2. The van der Waals surface area contributed by atoms with Crippen LogP contribution in [-0.2, 0) is 16.0 Å². The van der Waals surface area contributed by atoms with Gasteiger partial charge in [0.05, 0.1) is 12.6 Å². The Hall–Kier alpha value is -1.88. The van der Waals surface area contributed by atoms with Gasteiger partial charge in [-0.05, 0) is 43.5 Å². The summed E-state index contributed by atoms with van der Waals surface area (Å²) in [4.78, 5) is 23.8. The van der Waals surface area contributed by atoms with Gasteiger partial charge in [-0.3, -0.25) is 9.59 Å². The van der Waals surface area contributed by atoms with Gasteiger partial charge < -0.3 is 16.0 Å². The molecule has 2 rings (SSSR count). The maximum atomic E-state index is 11.9. The third kappa shape index (κ3) is 4.86. The van der Waals surface area contributed by atoms with Crippen molar-refractivity contribution in [3.05, 3.63) is 29.8 Å². The summed E-state index contributed by atoms with van der Waals surface area (Å²) >= 11 is 0. The van der Waals surface area contributed by atoms with Crippen LogP contribution in [0.1, 0.15) is 31.7 Å². The molecule has 1 saturated heterocycles. The summed E-state index contributed by atoms with van der Waals surface area (Å²) in [5.41, 5.74) is 1.94. The number of rotatable bonds is 5. The van der Waals surface area contributed by atoms with Gasteiger partial charge in [-0.1, -0.05) is 25.5 Å². The molecule has 0 spiro atoms. The second-order valence-electron chi connectivity index (χ2n) is 5.32. The fourth-order valence-corrected chi connectivity index (χ4v) is 2.44. The van der Waals surface area contributed by atoms with Crippen LogP contribution in [0.5, 0.6) is 0 Å². The Labute approximate surface area is 125 Å². The van der Waals surface area contributed by atoms with Gasteiger partial charge in [0.1, 0.15) is 0 Å². The number of hydrogen-bond donors (Lipinski definition) is 3. The molecule has 114 valence electrons. The van der Waals surface area contributed by atoms with Crippen molar-refractivity contribution in [2.75, 3.05) is 18.4 Å². The van der Waals surface area contributed by atoms with Crippen molar-refractivity contribution in [1.82, 2.24) is 10.6 Å². The molecule has 1 aliphatic heterocycles. The van der Waals surface area contributed by atoms with E-state index in [1.54, 1.807) is 0 Å². The van der Waals surface area contributed by atoms with E-state index in [0.717, 1.165) is 37.9 Å². The molecule has 0 saturated carbocycles. The molecule has 3 N–H and O–H groups in total. The third-order valence-corrected chi connectivity index (χ3v) is 3.67. The van der Waals surface area contributed by atoms with Crippen LogP contribution in [0.25, 0.3) is 0 Å². The molecule has 1 fully saturated rings. The number of anilines is 1. The first kappa shape index (κ1) is 15.5. The Morgan fingerprint density at radius 1 is 1.33 bits per heavy atom. The first-order valence-electron chi connectivity index (χ1n) is 7.59. The molecule has 1 aliphatic rings. The van der Waals surface area contributed by atoms with Crippen molar-refractivity contribution in [3.8, 4) is 0 Å². The van der Waals surface area contributed by atoms with Crippen molar-refractivity contribution in [3.63, 3.8) is 0 Å². The average Bonchev–Trinajstić information content (AvgIpc) is 2.53. The van der Waals surface area contributed by atoms with E-state index in [9.17, 15) is 9.59 Å². The maximum Gasteiger partial charge on any atom is 0.243 e. The van der Waals surface area contributed by atoms with Crippen molar-refractivity contribution in [2.24, 2.45) is 0 Å². The molecule has 1 atom stereocenters. The number of amides is 2. The molecule has 0 radical (unpaired) electrons. The normalized spacial score (nSPS) is 18.0. The van der Waals surface area contributed by atoms with E-state index < -0.39 is 0 Å². The minimum Gasteiger partial charge on any atom is -0.346 e. The van der Waals surface area contributed by atoms with E-state index in [2.05, 4.69) is 22.9 Å². The third-order valence-electron chi connectivity index (χ3n) is 3.67. The number of carbonyl (C=O) groups is 2. The minimum absolute atomic E-state index is 0.00731. The zero-order chi connectivity index (χ0) is 15.1. The Kier molecular flexibility index (Phi) is 5.75. The van der Waals surface area contributed by atoms with Crippen LogP contribution in [-0.4, -0.2) is 30.9 Å². The van der Waals surface area contributed by atoms with Crippen molar-refractivity contribution < 1.29 is 9.59 Å². The van der Waals surface area contributed by atoms with Crippen LogP contribution in [0.15, 0.2) is 24.3 Å². The quantitative estimate of drug-likeness (QED) is 0.768. The van der Waals surface area contributed by atoms with Gasteiger partial charge in [0.25, 0.3) is 0 Å². The number of hydrogen-bond acceptors (Lipinski definition) is 3. The highest BCUT2D eigenvalue weighted by molar-refractivity contribution is 5.95. The Morgan fingerprint density at radius 3 is 2.90 bits per heavy atom. The van der Waals surface area contributed by atoms with Gasteiger partial charge >= 0.3 is 0 Å². The summed E-state index contributed by atoms with van der Waals surface area (Å²) in [5.74, 6) is -0.292. The number of piperidine rings is 1. The standard InChI is InChI=1S/C16H23N3O2/c1-2-12-6-5-7-13(10-12)19-15(20)11-18-16(21)14-8-3-4-9-17-14/h5-7,10,14,17H,2-4,8-9,11H2,1H3,(H,18,21)(H,19,20). The fraction of sp³-hybridized carbons (Fsp3) is 0.500. The van der Waals surface area contributed by atoms with Crippen LogP contribution in [0.3, 0.4) is 0 Å². The van der Waals surface area contributed by atoms with Crippen LogP contribution in [0.2, 0.25) is 0 Å². The first-order chi connectivity index (χ1) is 10.2. The molecule has 5 heteroatoms. The highest BCUT2D eigenvalue weighted by atomic mass is 16.2. The zero-order valence-corrected chi connectivity index (χ0v) is 12.4. The molecule has 0 aliphatic carbocycles. The van der Waals surface area contributed by atoms with Gasteiger partial charge in [-0.25, -0.2) is 0 Å². The zero-order valence-electron chi connectivity index (χ0n) is 12.4. The Morgan fingerprint density at radius 2 is 2.19 bits per heavy atom. The molecule has 21 heavy (non-hydrogen) atoms. The van der Waals surface area contributed by atoms with E-state index >= 15 is 0 Å². The van der Waals surface area contributed by atoms with Crippen LogP contribution in [0, 0.1) is 0 Å². The maximum absolute atomic E-state index is 11.9. The largest absolute Gasteiger partial charge is 0.346 e. The summed E-state index contributed by atoms with van der Waals surface area (Å²) in [5, 5.41) is 8.65. The van der Waals surface area contributed by atoms with Gasteiger partial charge in [-0.2, -0.15) is 0 Å². The number of aryl methyl sites for hydroxylation is 1. The number of benzene rings is 1. The lowest BCUT2D eigenvalue weighted by Crippen LogP contribution is -2.48.